The van der Waals surface area contributed by atoms with E-state index in [1.807, 2.05) is 24.3 Å². The minimum absolute atomic E-state index is 0.0245. The van der Waals surface area contributed by atoms with Crippen LogP contribution in [0.3, 0.4) is 0 Å². The fourth-order valence-electron chi connectivity index (χ4n) is 3.48. The van der Waals surface area contributed by atoms with Crippen LogP contribution in [0.1, 0.15) is 0 Å². The molecule has 2 aromatic carbocycles. The zero-order chi connectivity index (χ0) is 20.0. The fourth-order valence-corrected chi connectivity index (χ4v) is 3.48. The van der Waals surface area contributed by atoms with E-state index in [1.54, 1.807) is 12.1 Å². The van der Waals surface area contributed by atoms with Gasteiger partial charge in [0, 0.05) is 17.4 Å². The monoisotopic (exact) mass is 393 g/mol. The number of H-pyrrole nitrogens is 1. The van der Waals surface area contributed by atoms with Crippen LogP contribution in [0.25, 0.3) is 33.6 Å². The van der Waals surface area contributed by atoms with E-state index in [1.165, 1.54) is 12.1 Å². The average Bonchev–Trinajstić information content (AvgIpc) is 3.42. The average molecular weight is 393 g/mol. The molecule has 0 aliphatic carbocycles. The van der Waals surface area contributed by atoms with Crippen molar-refractivity contribution in [3.63, 3.8) is 0 Å². The molecule has 1 amide bonds. The number of fused-ring (bicyclic) bond motifs is 1. The van der Waals surface area contributed by atoms with E-state index < -0.39 is 12.1 Å². The number of hydrogen-bond donors (Lipinski definition) is 4. The molecule has 0 spiro atoms. The fraction of sp³-hybridized carbons (Fsp3) is 0.150. The second-order valence-corrected chi connectivity index (χ2v) is 6.77. The molecule has 9 heteroatoms. The number of carbonyl (C=O) groups is 1. The third-order valence-electron chi connectivity index (χ3n) is 4.91. The Balaban J connectivity index is 1.58. The van der Waals surface area contributed by atoms with Gasteiger partial charge in [0.25, 0.3) is 5.89 Å². The van der Waals surface area contributed by atoms with Crippen molar-refractivity contribution in [1.29, 1.82) is 0 Å². The molecule has 2 aromatic heterocycles. The highest BCUT2D eigenvalue weighted by Crippen LogP contribution is 2.38. The van der Waals surface area contributed by atoms with E-state index in [-0.39, 0.29) is 30.2 Å². The Morgan fingerprint density at radius 1 is 1.14 bits per heavy atom. The molecule has 2 atom stereocenters. The quantitative estimate of drug-likeness (QED) is 0.423. The minimum atomic E-state index is -0.888. The predicted octanol–water partition coefficient (Wildman–Crippen LogP) is 2.30. The maximum Gasteiger partial charge on any atom is 0.316 e. The number of β-amino-alcohol motifs (C(OH)–C–C–N with tert-alkyl or cyclic N) is 1. The first-order valence-corrected chi connectivity index (χ1v) is 9.03. The van der Waals surface area contributed by atoms with Gasteiger partial charge in [0.05, 0.1) is 11.3 Å². The number of amides is 1. The standard InChI is InChI=1S/C20H16FN5O3/c21-11-7-5-10(6-8-11)16-15(12-3-1-2-4-13(12)23-16)19-25-26-20(29-19)24-17-14(27)9-22-18(17)28/h1-8,14,17,23,27H,9H2,(H,22,28)(H,24,26)/t14-,17+/m1/s1. The summed E-state index contributed by atoms with van der Waals surface area (Å²) in [4.78, 5) is 15.1. The van der Waals surface area contributed by atoms with Crippen LogP contribution >= 0.6 is 0 Å². The van der Waals surface area contributed by atoms with Crippen molar-refractivity contribution in [2.45, 2.75) is 12.1 Å². The van der Waals surface area contributed by atoms with Crippen molar-refractivity contribution in [2.75, 3.05) is 11.9 Å². The highest BCUT2D eigenvalue weighted by atomic mass is 19.1. The van der Waals surface area contributed by atoms with Gasteiger partial charge in [0.15, 0.2) is 0 Å². The lowest BCUT2D eigenvalue weighted by atomic mass is 10.1. The van der Waals surface area contributed by atoms with Crippen LogP contribution in [0.5, 0.6) is 0 Å². The van der Waals surface area contributed by atoms with Gasteiger partial charge >= 0.3 is 6.01 Å². The normalized spacial score (nSPS) is 18.9. The van der Waals surface area contributed by atoms with Crippen molar-refractivity contribution in [3.8, 4) is 22.7 Å². The molecule has 0 radical (unpaired) electrons. The van der Waals surface area contributed by atoms with E-state index in [0.29, 0.717) is 11.3 Å². The highest BCUT2D eigenvalue weighted by molar-refractivity contribution is 6.01. The van der Waals surface area contributed by atoms with Gasteiger partial charge in [-0.3, -0.25) is 4.79 Å². The largest absolute Gasteiger partial charge is 0.403 e. The molecule has 0 unspecified atom stereocenters. The van der Waals surface area contributed by atoms with E-state index in [4.69, 9.17) is 4.42 Å². The van der Waals surface area contributed by atoms with E-state index in [0.717, 1.165) is 16.5 Å². The highest BCUT2D eigenvalue weighted by Gasteiger charge is 2.34. The lowest BCUT2D eigenvalue weighted by Gasteiger charge is -2.10. The number of aromatic amines is 1. The zero-order valence-electron chi connectivity index (χ0n) is 15.0. The van der Waals surface area contributed by atoms with Crippen molar-refractivity contribution in [3.05, 3.63) is 54.3 Å². The molecule has 5 rings (SSSR count). The second kappa shape index (κ2) is 6.71. The summed E-state index contributed by atoms with van der Waals surface area (Å²) in [5.41, 5.74) is 3.00. The van der Waals surface area contributed by atoms with Gasteiger partial charge in [0.2, 0.25) is 5.91 Å². The summed E-state index contributed by atoms with van der Waals surface area (Å²) in [7, 11) is 0. The first kappa shape index (κ1) is 17.4. The van der Waals surface area contributed by atoms with Gasteiger partial charge in [-0.15, -0.1) is 5.10 Å². The molecular formula is C20H16FN5O3. The van der Waals surface area contributed by atoms with Gasteiger partial charge < -0.3 is 25.1 Å². The third kappa shape index (κ3) is 3.01. The number of aliphatic hydroxyl groups is 1. The van der Waals surface area contributed by atoms with E-state index in [9.17, 15) is 14.3 Å². The number of hydrogen-bond acceptors (Lipinski definition) is 6. The van der Waals surface area contributed by atoms with Crippen molar-refractivity contribution in [2.24, 2.45) is 0 Å². The predicted molar refractivity (Wildman–Crippen MR) is 103 cm³/mol. The van der Waals surface area contributed by atoms with Gasteiger partial charge in [0.1, 0.15) is 18.0 Å². The zero-order valence-corrected chi connectivity index (χ0v) is 15.0. The van der Waals surface area contributed by atoms with Crippen LogP contribution in [0, 0.1) is 5.82 Å². The summed E-state index contributed by atoms with van der Waals surface area (Å²) in [5.74, 6) is -0.433. The van der Waals surface area contributed by atoms with Gasteiger partial charge in [-0.25, -0.2) is 4.39 Å². The van der Waals surface area contributed by atoms with Crippen molar-refractivity contribution >= 4 is 22.8 Å². The van der Waals surface area contributed by atoms with Crippen LogP contribution in [0.4, 0.5) is 10.4 Å². The third-order valence-corrected chi connectivity index (χ3v) is 4.91. The van der Waals surface area contributed by atoms with Crippen LogP contribution in [0.2, 0.25) is 0 Å². The van der Waals surface area contributed by atoms with E-state index >= 15 is 0 Å². The maximum absolute atomic E-state index is 13.4. The SMILES string of the molecule is O=C1NC[C@@H](O)[C@@H]1Nc1nnc(-c2c(-c3ccc(F)cc3)[nH]c3ccccc23)o1. The molecule has 1 aliphatic heterocycles. The van der Waals surface area contributed by atoms with Gasteiger partial charge in [-0.1, -0.05) is 23.3 Å². The Kier molecular flexibility index (Phi) is 4.02. The topological polar surface area (TPSA) is 116 Å². The molecule has 3 heterocycles. The molecule has 8 nitrogen and oxygen atoms in total. The number of benzene rings is 2. The van der Waals surface area contributed by atoms with Crippen LogP contribution in [-0.2, 0) is 4.79 Å². The number of aliphatic hydroxyl groups excluding tert-OH is 1. The summed E-state index contributed by atoms with van der Waals surface area (Å²) in [6.45, 7) is 0.161. The number of halogens is 1. The first-order chi connectivity index (χ1) is 14.1. The van der Waals surface area contributed by atoms with E-state index in [2.05, 4.69) is 25.8 Å². The van der Waals surface area contributed by atoms with Crippen LogP contribution < -0.4 is 10.6 Å². The number of para-hydroxylation sites is 1. The lowest BCUT2D eigenvalue weighted by molar-refractivity contribution is -0.120. The summed E-state index contributed by atoms with van der Waals surface area (Å²) in [6.07, 6.45) is -0.888. The number of nitrogens with zero attached hydrogens (tertiary/aromatic N) is 2. The maximum atomic E-state index is 13.4. The number of aromatic nitrogens is 3. The summed E-state index contributed by atoms with van der Waals surface area (Å²) >= 11 is 0. The molecule has 4 N–H and O–H groups in total. The summed E-state index contributed by atoms with van der Waals surface area (Å²) < 4.78 is 19.1. The second-order valence-electron chi connectivity index (χ2n) is 6.77. The van der Waals surface area contributed by atoms with Crippen molar-refractivity contribution < 1.29 is 18.7 Å². The summed E-state index contributed by atoms with van der Waals surface area (Å²) in [5, 5.41) is 24.2. The smallest absolute Gasteiger partial charge is 0.316 e. The Morgan fingerprint density at radius 3 is 2.69 bits per heavy atom. The Hall–Kier alpha value is -3.72. The molecule has 1 fully saturated rings. The molecule has 0 saturated carbocycles. The lowest BCUT2D eigenvalue weighted by Crippen LogP contribution is -2.36. The molecular weight excluding hydrogens is 377 g/mol. The Labute approximate surface area is 163 Å². The number of rotatable bonds is 4. The molecule has 146 valence electrons. The van der Waals surface area contributed by atoms with Crippen LogP contribution in [0.15, 0.2) is 52.9 Å². The molecule has 1 aliphatic rings. The molecule has 29 heavy (non-hydrogen) atoms. The number of carbonyl (C=O) groups excluding carboxylic acids is 1. The number of nitrogens with one attached hydrogen (secondary N) is 3. The summed E-state index contributed by atoms with van der Waals surface area (Å²) in [6, 6.07) is 12.9. The number of anilines is 1. The molecule has 1 saturated heterocycles. The van der Waals surface area contributed by atoms with Gasteiger partial charge in [-0.2, -0.15) is 0 Å². The molecule has 4 aromatic rings. The Morgan fingerprint density at radius 2 is 1.93 bits per heavy atom. The minimum Gasteiger partial charge on any atom is -0.403 e. The van der Waals surface area contributed by atoms with Crippen molar-refractivity contribution in [1.82, 2.24) is 20.5 Å². The van der Waals surface area contributed by atoms with Crippen LogP contribution in [-0.4, -0.2) is 44.9 Å². The Bertz CT molecular complexity index is 1200. The van der Waals surface area contributed by atoms with Gasteiger partial charge in [-0.05, 0) is 35.9 Å². The molecule has 0 bridgehead atoms. The first-order valence-electron chi connectivity index (χ1n) is 9.03.